The molecule has 1 fully saturated rings. The molecule has 0 aliphatic carbocycles. The van der Waals surface area contributed by atoms with E-state index in [0.717, 1.165) is 25.4 Å². The Kier molecular flexibility index (Phi) is 2.73. The molecule has 0 bridgehead atoms. The van der Waals surface area contributed by atoms with Gasteiger partial charge in [-0.1, -0.05) is 19.1 Å². The van der Waals surface area contributed by atoms with Crippen LogP contribution in [0.5, 0.6) is 0 Å². The number of aryl methyl sites for hydroxylation is 1. The van der Waals surface area contributed by atoms with Crippen LogP contribution in [0.2, 0.25) is 0 Å². The number of hydrogen-bond acceptors (Lipinski definition) is 2. The number of nitrogens with one attached hydrogen (secondary N) is 2. The minimum absolute atomic E-state index is 0.742. The quantitative estimate of drug-likeness (QED) is 0.761. The molecule has 0 radical (unpaired) electrons. The fourth-order valence-corrected chi connectivity index (χ4v) is 1.93. The van der Waals surface area contributed by atoms with Gasteiger partial charge in [-0.2, -0.15) is 0 Å². The molecule has 0 unspecified atom stereocenters. The van der Waals surface area contributed by atoms with Crippen LogP contribution in [0.25, 0.3) is 0 Å². The minimum Gasteiger partial charge on any atom is -0.388 e. The summed E-state index contributed by atoms with van der Waals surface area (Å²) in [5.41, 5.74) is 4.18. The topological polar surface area (TPSA) is 24.1 Å². The molecule has 2 heteroatoms. The van der Waals surface area contributed by atoms with Gasteiger partial charge < -0.3 is 10.6 Å². The third kappa shape index (κ3) is 1.62. The largest absolute Gasteiger partial charge is 0.388 e. The van der Waals surface area contributed by atoms with Crippen molar-refractivity contribution in [2.45, 2.75) is 19.3 Å². The minimum atomic E-state index is 0.742. The van der Waals surface area contributed by atoms with Crippen LogP contribution in [0.4, 0.5) is 5.69 Å². The molecule has 1 aliphatic rings. The highest BCUT2D eigenvalue weighted by molar-refractivity contribution is 5.53. The van der Waals surface area contributed by atoms with Crippen molar-refractivity contribution in [2.75, 3.05) is 25.5 Å². The Balaban J connectivity index is 2.26. The van der Waals surface area contributed by atoms with Crippen molar-refractivity contribution in [1.29, 1.82) is 0 Å². The molecule has 0 amide bonds. The van der Waals surface area contributed by atoms with Crippen molar-refractivity contribution in [1.82, 2.24) is 5.32 Å². The maximum atomic E-state index is 3.31. The second-order valence-corrected chi connectivity index (χ2v) is 3.88. The summed E-state index contributed by atoms with van der Waals surface area (Å²) < 4.78 is 0. The van der Waals surface area contributed by atoms with Crippen molar-refractivity contribution < 1.29 is 0 Å². The van der Waals surface area contributed by atoms with Crippen molar-refractivity contribution in [2.24, 2.45) is 0 Å². The summed E-state index contributed by atoms with van der Waals surface area (Å²) in [6.45, 7) is 4.49. The standard InChI is InChI=1S/C12H18N2/c1-3-9-6-10(11-7-14-8-11)4-5-12(9)13-2/h4-6,11,13-14H,3,7-8H2,1-2H3. The average molecular weight is 190 g/mol. The normalized spacial score (nSPS) is 16.4. The van der Waals surface area contributed by atoms with Crippen molar-refractivity contribution in [3.8, 4) is 0 Å². The van der Waals surface area contributed by atoms with Gasteiger partial charge in [0.05, 0.1) is 0 Å². The van der Waals surface area contributed by atoms with Gasteiger partial charge in [0.15, 0.2) is 0 Å². The summed E-state index contributed by atoms with van der Waals surface area (Å²) in [7, 11) is 1.99. The Bertz CT molecular complexity index is 316. The van der Waals surface area contributed by atoms with Crippen LogP contribution in [-0.2, 0) is 6.42 Å². The lowest BCUT2D eigenvalue weighted by Gasteiger charge is -2.28. The van der Waals surface area contributed by atoms with E-state index < -0.39 is 0 Å². The van der Waals surface area contributed by atoms with Gasteiger partial charge in [-0.25, -0.2) is 0 Å². The smallest absolute Gasteiger partial charge is 0.0370 e. The average Bonchev–Trinajstić information content (AvgIpc) is 2.15. The van der Waals surface area contributed by atoms with Crippen LogP contribution in [0.3, 0.4) is 0 Å². The van der Waals surface area contributed by atoms with E-state index >= 15 is 0 Å². The maximum absolute atomic E-state index is 3.31. The number of hydrogen-bond donors (Lipinski definition) is 2. The van der Waals surface area contributed by atoms with E-state index in [1.165, 1.54) is 16.8 Å². The lowest BCUT2D eigenvalue weighted by molar-refractivity contribution is 0.448. The first-order chi connectivity index (χ1) is 6.85. The molecule has 1 heterocycles. The van der Waals surface area contributed by atoms with Gasteiger partial charge in [0, 0.05) is 31.7 Å². The van der Waals surface area contributed by atoms with Crippen LogP contribution in [0.1, 0.15) is 24.0 Å². The number of benzene rings is 1. The molecule has 0 atom stereocenters. The second kappa shape index (κ2) is 4.01. The zero-order valence-electron chi connectivity index (χ0n) is 8.93. The third-order valence-corrected chi connectivity index (χ3v) is 3.03. The fourth-order valence-electron chi connectivity index (χ4n) is 1.93. The summed E-state index contributed by atoms with van der Waals surface area (Å²) in [6.07, 6.45) is 1.10. The van der Waals surface area contributed by atoms with E-state index in [-0.39, 0.29) is 0 Å². The second-order valence-electron chi connectivity index (χ2n) is 3.88. The molecular weight excluding hydrogens is 172 g/mol. The first-order valence-electron chi connectivity index (χ1n) is 5.36. The van der Waals surface area contributed by atoms with E-state index in [0.29, 0.717) is 0 Å². The molecule has 1 aromatic carbocycles. The molecule has 2 nitrogen and oxygen atoms in total. The summed E-state index contributed by atoms with van der Waals surface area (Å²) in [5, 5.41) is 6.54. The van der Waals surface area contributed by atoms with Gasteiger partial charge in [0.2, 0.25) is 0 Å². The summed E-state index contributed by atoms with van der Waals surface area (Å²) in [4.78, 5) is 0. The Hall–Kier alpha value is -1.02. The predicted molar refractivity (Wildman–Crippen MR) is 61.0 cm³/mol. The van der Waals surface area contributed by atoms with Crippen LogP contribution in [-0.4, -0.2) is 20.1 Å². The van der Waals surface area contributed by atoms with Gasteiger partial charge in [-0.05, 0) is 23.6 Å². The van der Waals surface area contributed by atoms with E-state index in [2.05, 4.69) is 35.8 Å². The van der Waals surface area contributed by atoms with Crippen LogP contribution in [0, 0.1) is 0 Å². The molecule has 0 saturated carbocycles. The van der Waals surface area contributed by atoms with Gasteiger partial charge in [-0.15, -0.1) is 0 Å². The van der Waals surface area contributed by atoms with Gasteiger partial charge in [0.25, 0.3) is 0 Å². The van der Waals surface area contributed by atoms with E-state index in [9.17, 15) is 0 Å². The molecule has 2 N–H and O–H groups in total. The van der Waals surface area contributed by atoms with E-state index in [4.69, 9.17) is 0 Å². The van der Waals surface area contributed by atoms with E-state index in [1.54, 1.807) is 0 Å². The number of rotatable bonds is 3. The molecular formula is C12H18N2. The van der Waals surface area contributed by atoms with Crippen LogP contribution < -0.4 is 10.6 Å². The fraction of sp³-hybridized carbons (Fsp3) is 0.500. The van der Waals surface area contributed by atoms with Crippen LogP contribution in [0.15, 0.2) is 18.2 Å². The van der Waals surface area contributed by atoms with Crippen molar-refractivity contribution in [3.05, 3.63) is 29.3 Å². The molecule has 76 valence electrons. The highest BCUT2D eigenvalue weighted by Gasteiger charge is 2.19. The first kappa shape index (κ1) is 9.53. The molecule has 1 saturated heterocycles. The van der Waals surface area contributed by atoms with Gasteiger partial charge >= 0.3 is 0 Å². The van der Waals surface area contributed by atoms with Gasteiger partial charge in [0.1, 0.15) is 0 Å². The number of anilines is 1. The van der Waals surface area contributed by atoms with Gasteiger partial charge in [-0.3, -0.25) is 0 Å². The maximum Gasteiger partial charge on any atom is 0.0370 e. The summed E-state index contributed by atoms with van der Waals surface area (Å²) >= 11 is 0. The highest BCUT2D eigenvalue weighted by Crippen LogP contribution is 2.25. The zero-order valence-corrected chi connectivity index (χ0v) is 8.93. The van der Waals surface area contributed by atoms with Crippen molar-refractivity contribution in [3.63, 3.8) is 0 Å². The predicted octanol–water partition coefficient (Wildman–Crippen LogP) is 1.98. The monoisotopic (exact) mass is 190 g/mol. The third-order valence-electron chi connectivity index (χ3n) is 3.03. The molecule has 14 heavy (non-hydrogen) atoms. The SMILES string of the molecule is CCc1cc(C2CNC2)ccc1NC. The zero-order chi connectivity index (χ0) is 9.97. The summed E-state index contributed by atoms with van der Waals surface area (Å²) in [6, 6.07) is 6.79. The lowest BCUT2D eigenvalue weighted by atomic mass is 9.91. The molecule has 1 aromatic rings. The molecule has 1 aliphatic heterocycles. The Morgan fingerprint density at radius 2 is 2.21 bits per heavy atom. The summed E-state index contributed by atoms with van der Waals surface area (Å²) in [5.74, 6) is 0.742. The molecule has 0 aromatic heterocycles. The van der Waals surface area contributed by atoms with E-state index in [1.807, 2.05) is 7.05 Å². The van der Waals surface area contributed by atoms with Crippen LogP contribution >= 0.6 is 0 Å². The molecule has 0 spiro atoms. The first-order valence-corrected chi connectivity index (χ1v) is 5.36. The lowest BCUT2D eigenvalue weighted by Crippen LogP contribution is -2.39. The highest BCUT2D eigenvalue weighted by atomic mass is 14.9. The van der Waals surface area contributed by atoms with Crippen molar-refractivity contribution >= 4 is 5.69 Å². The molecule has 2 rings (SSSR count). The Labute approximate surface area is 85.7 Å². The Morgan fingerprint density at radius 3 is 2.71 bits per heavy atom. The Morgan fingerprint density at radius 1 is 1.43 bits per heavy atom.